The van der Waals surface area contributed by atoms with Gasteiger partial charge in [0.1, 0.15) is 5.00 Å². The Morgan fingerprint density at radius 2 is 1.85 bits per heavy atom. The standard InChI is InChI=1S/C13H21N5OS/c14-12(19)11-13(20-16-15-11)18-8-4-10(5-9-18)17-6-2-1-3-7-17/h10H,1-9H2,(H2,14,19). The van der Waals surface area contributed by atoms with Gasteiger partial charge in [-0.05, 0) is 38.8 Å². The van der Waals surface area contributed by atoms with Crippen molar-refractivity contribution < 1.29 is 4.79 Å². The number of anilines is 1. The molecule has 20 heavy (non-hydrogen) atoms. The Bertz CT molecular complexity index is 463. The molecule has 1 amide bonds. The molecule has 1 aromatic heterocycles. The molecule has 0 unspecified atom stereocenters. The third kappa shape index (κ3) is 2.78. The van der Waals surface area contributed by atoms with Crippen LogP contribution in [0.3, 0.4) is 0 Å². The van der Waals surface area contributed by atoms with Crippen LogP contribution in [0.25, 0.3) is 0 Å². The number of carbonyl (C=O) groups excluding carboxylic acids is 1. The topological polar surface area (TPSA) is 75.3 Å². The maximum Gasteiger partial charge on any atom is 0.272 e. The van der Waals surface area contributed by atoms with Gasteiger partial charge in [-0.2, -0.15) is 0 Å². The fourth-order valence-electron chi connectivity index (χ4n) is 3.27. The molecule has 0 spiro atoms. The summed E-state index contributed by atoms with van der Waals surface area (Å²) in [4.78, 5) is 16.2. The molecule has 0 aromatic carbocycles. The summed E-state index contributed by atoms with van der Waals surface area (Å²) in [6, 6.07) is 0.699. The van der Waals surface area contributed by atoms with E-state index >= 15 is 0 Å². The lowest BCUT2D eigenvalue weighted by atomic mass is 10.00. The maximum absolute atomic E-state index is 11.3. The molecule has 110 valence electrons. The van der Waals surface area contributed by atoms with Crippen molar-refractivity contribution >= 4 is 22.4 Å². The van der Waals surface area contributed by atoms with Crippen molar-refractivity contribution in [1.82, 2.24) is 14.5 Å². The van der Waals surface area contributed by atoms with Crippen molar-refractivity contribution in [2.45, 2.75) is 38.1 Å². The first-order chi connectivity index (χ1) is 9.75. The Labute approximate surface area is 123 Å². The summed E-state index contributed by atoms with van der Waals surface area (Å²) >= 11 is 1.27. The van der Waals surface area contributed by atoms with E-state index in [2.05, 4.69) is 19.4 Å². The molecule has 3 rings (SSSR count). The van der Waals surface area contributed by atoms with Gasteiger partial charge < -0.3 is 15.5 Å². The fourth-order valence-corrected chi connectivity index (χ4v) is 3.99. The molecule has 0 atom stereocenters. The Morgan fingerprint density at radius 3 is 2.50 bits per heavy atom. The average molecular weight is 295 g/mol. The van der Waals surface area contributed by atoms with Crippen LogP contribution in [0, 0.1) is 0 Å². The minimum atomic E-state index is -0.480. The largest absolute Gasteiger partial charge is 0.364 e. The van der Waals surface area contributed by atoms with E-state index in [9.17, 15) is 4.79 Å². The van der Waals surface area contributed by atoms with Crippen LogP contribution in [-0.2, 0) is 0 Å². The van der Waals surface area contributed by atoms with Gasteiger partial charge in [0.25, 0.3) is 5.91 Å². The fraction of sp³-hybridized carbons (Fsp3) is 0.769. The summed E-state index contributed by atoms with van der Waals surface area (Å²) < 4.78 is 3.87. The molecule has 2 N–H and O–H groups in total. The Hall–Kier alpha value is -1.21. The highest BCUT2D eigenvalue weighted by Crippen LogP contribution is 2.28. The minimum absolute atomic E-state index is 0.325. The Kier molecular flexibility index (Phi) is 4.16. The molecule has 3 heterocycles. The molecule has 2 saturated heterocycles. The molecule has 0 aliphatic carbocycles. The van der Waals surface area contributed by atoms with Gasteiger partial charge in [-0.3, -0.25) is 4.79 Å². The van der Waals surface area contributed by atoms with E-state index in [1.807, 2.05) is 0 Å². The van der Waals surface area contributed by atoms with Crippen LogP contribution in [0.2, 0.25) is 0 Å². The molecule has 6 nitrogen and oxygen atoms in total. The lowest BCUT2D eigenvalue weighted by Gasteiger charge is -2.40. The third-order valence-corrected chi connectivity index (χ3v) is 5.15. The number of aromatic nitrogens is 2. The predicted molar refractivity (Wildman–Crippen MR) is 79.1 cm³/mol. The van der Waals surface area contributed by atoms with Crippen molar-refractivity contribution in [3.8, 4) is 0 Å². The number of nitrogens with zero attached hydrogens (tertiary/aromatic N) is 4. The summed E-state index contributed by atoms with van der Waals surface area (Å²) in [5.74, 6) is -0.480. The summed E-state index contributed by atoms with van der Waals surface area (Å²) in [6.07, 6.45) is 6.35. The predicted octanol–water partition coefficient (Wildman–Crippen LogP) is 1.09. The zero-order valence-electron chi connectivity index (χ0n) is 11.6. The van der Waals surface area contributed by atoms with Crippen LogP contribution < -0.4 is 10.6 Å². The van der Waals surface area contributed by atoms with Gasteiger partial charge in [0.05, 0.1) is 0 Å². The molecule has 0 bridgehead atoms. The van der Waals surface area contributed by atoms with Gasteiger partial charge in [0, 0.05) is 30.7 Å². The van der Waals surface area contributed by atoms with Gasteiger partial charge in [-0.1, -0.05) is 10.9 Å². The number of nitrogens with two attached hydrogens (primary N) is 1. The lowest BCUT2D eigenvalue weighted by Crippen LogP contribution is -2.46. The van der Waals surface area contributed by atoms with Gasteiger partial charge in [-0.25, -0.2) is 0 Å². The number of rotatable bonds is 3. The first-order valence-electron chi connectivity index (χ1n) is 7.37. The van der Waals surface area contributed by atoms with Crippen molar-refractivity contribution in [2.24, 2.45) is 5.73 Å². The molecule has 0 saturated carbocycles. The number of hydrogen-bond acceptors (Lipinski definition) is 6. The zero-order chi connectivity index (χ0) is 13.9. The van der Waals surface area contributed by atoms with E-state index < -0.39 is 5.91 Å². The van der Waals surface area contributed by atoms with Crippen LogP contribution in [0.4, 0.5) is 5.00 Å². The lowest BCUT2D eigenvalue weighted by molar-refractivity contribution is 0.0995. The monoisotopic (exact) mass is 295 g/mol. The number of hydrogen-bond donors (Lipinski definition) is 1. The second-order valence-electron chi connectivity index (χ2n) is 5.61. The number of carbonyl (C=O) groups is 1. The van der Waals surface area contributed by atoms with Gasteiger partial charge >= 0.3 is 0 Å². The van der Waals surface area contributed by atoms with Crippen LogP contribution in [0.1, 0.15) is 42.6 Å². The van der Waals surface area contributed by atoms with Crippen molar-refractivity contribution in [3.63, 3.8) is 0 Å². The first kappa shape index (κ1) is 13.8. The highest BCUT2D eigenvalue weighted by atomic mass is 32.1. The first-order valence-corrected chi connectivity index (χ1v) is 8.14. The van der Waals surface area contributed by atoms with Crippen LogP contribution >= 0.6 is 11.5 Å². The second kappa shape index (κ2) is 6.05. The summed E-state index contributed by atoms with van der Waals surface area (Å²) in [5.41, 5.74) is 5.67. The molecule has 1 aromatic rings. The van der Waals surface area contributed by atoms with Gasteiger partial charge in [0.2, 0.25) is 0 Å². The van der Waals surface area contributed by atoms with E-state index in [0.29, 0.717) is 11.7 Å². The van der Waals surface area contributed by atoms with Crippen LogP contribution in [-0.4, -0.2) is 52.6 Å². The number of piperidine rings is 2. The van der Waals surface area contributed by atoms with Crippen molar-refractivity contribution in [2.75, 3.05) is 31.1 Å². The van der Waals surface area contributed by atoms with Crippen molar-refractivity contribution in [3.05, 3.63) is 5.69 Å². The summed E-state index contributed by atoms with van der Waals surface area (Å²) in [6.45, 7) is 4.43. The molecule has 2 aliphatic rings. The van der Waals surface area contributed by atoms with E-state index in [4.69, 9.17) is 5.73 Å². The van der Waals surface area contributed by atoms with E-state index in [1.165, 1.54) is 43.9 Å². The smallest absolute Gasteiger partial charge is 0.272 e. The third-order valence-electron chi connectivity index (χ3n) is 4.36. The van der Waals surface area contributed by atoms with E-state index in [-0.39, 0.29) is 0 Å². The minimum Gasteiger partial charge on any atom is -0.364 e. The number of amides is 1. The zero-order valence-corrected chi connectivity index (χ0v) is 12.4. The molecular formula is C13H21N5OS. The summed E-state index contributed by atoms with van der Waals surface area (Å²) in [7, 11) is 0. The molecule has 7 heteroatoms. The number of likely N-dealkylation sites (tertiary alicyclic amines) is 1. The number of primary amides is 1. The molecular weight excluding hydrogens is 274 g/mol. The van der Waals surface area contributed by atoms with E-state index in [1.54, 1.807) is 0 Å². The maximum atomic E-state index is 11.3. The molecule has 0 radical (unpaired) electrons. The van der Waals surface area contributed by atoms with Gasteiger partial charge in [0.15, 0.2) is 5.69 Å². The summed E-state index contributed by atoms with van der Waals surface area (Å²) in [5, 5.41) is 4.68. The normalized spacial score (nSPS) is 22.1. The molecule has 2 aliphatic heterocycles. The van der Waals surface area contributed by atoms with E-state index in [0.717, 1.165) is 30.9 Å². The van der Waals surface area contributed by atoms with Crippen LogP contribution in [0.15, 0.2) is 0 Å². The highest BCUT2D eigenvalue weighted by Gasteiger charge is 2.28. The average Bonchev–Trinajstić information content (AvgIpc) is 2.98. The quantitative estimate of drug-likeness (QED) is 0.903. The SMILES string of the molecule is NC(=O)c1nnsc1N1CCC(N2CCCCC2)CC1. The van der Waals surface area contributed by atoms with Crippen molar-refractivity contribution in [1.29, 1.82) is 0 Å². The Balaban J connectivity index is 1.60. The van der Waals surface area contributed by atoms with Crippen LogP contribution in [0.5, 0.6) is 0 Å². The van der Waals surface area contributed by atoms with Gasteiger partial charge in [-0.15, -0.1) is 5.10 Å². The Morgan fingerprint density at radius 1 is 1.15 bits per heavy atom. The second-order valence-corrected chi connectivity index (χ2v) is 6.34. The highest BCUT2D eigenvalue weighted by molar-refractivity contribution is 7.10. The molecule has 2 fully saturated rings.